The van der Waals surface area contributed by atoms with Gasteiger partial charge in [-0.3, -0.25) is 4.68 Å². The van der Waals surface area contributed by atoms with Crippen LogP contribution >= 0.6 is 0 Å². The number of carbonyl (C=O) groups is 1. The third-order valence-corrected chi connectivity index (χ3v) is 2.71. The van der Waals surface area contributed by atoms with Crippen molar-refractivity contribution in [3.05, 3.63) is 17.0 Å². The zero-order valence-electron chi connectivity index (χ0n) is 8.29. The first-order chi connectivity index (χ1) is 6.74. The summed E-state index contributed by atoms with van der Waals surface area (Å²) in [5.41, 5.74) is 2.10. The Morgan fingerprint density at radius 3 is 3.00 bits per heavy atom. The average Bonchev–Trinajstić information content (AvgIpc) is 2.55. The van der Waals surface area contributed by atoms with Crippen LogP contribution in [0.25, 0.3) is 0 Å². The van der Waals surface area contributed by atoms with Gasteiger partial charge >= 0.3 is 5.97 Å². The monoisotopic (exact) mass is 194 g/mol. The average molecular weight is 194 g/mol. The van der Waals surface area contributed by atoms with Crippen molar-refractivity contribution in [2.24, 2.45) is 0 Å². The maximum absolute atomic E-state index is 11.1. The number of rotatable bonds is 2. The topological polar surface area (TPSA) is 55.1 Å². The summed E-state index contributed by atoms with van der Waals surface area (Å²) in [6.07, 6.45) is 3.74. The first-order valence-corrected chi connectivity index (χ1v) is 5.06. The highest BCUT2D eigenvalue weighted by atomic mass is 16.4. The first-order valence-electron chi connectivity index (χ1n) is 5.06. The molecule has 1 aromatic rings. The van der Waals surface area contributed by atoms with Gasteiger partial charge < -0.3 is 5.11 Å². The standard InChI is InChI=1S/C10H14N2O2/c1-2-7-9(10(13)14)8-5-3-4-6-12(8)11-7/h2-6H2,1H3,(H,13,14). The highest BCUT2D eigenvalue weighted by molar-refractivity contribution is 5.90. The van der Waals surface area contributed by atoms with Crippen molar-refractivity contribution in [3.8, 4) is 0 Å². The summed E-state index contributed by atoms with van der Waals surface area (Å²) in [6, 6.07) is 0. The predicted octanol–water partition coefficient (Wildman–Crippen LogP) is 1.48. The molecule has 0 aromatic carbocycles. The molecule has 14 heavy (non-hydrogen) atoms. The van der Waals surface area contributed by atoms with Crippen molar-refractivity contribution in [1.82, 2.24) is 9.78 Å². The fourth-order valence-electron chi connectivity index (χ4n) is 2.04. The SMILES string of the molecule is CCc1nn2c(c1C(=O)O)CCCC2. The molecule has 76 valence electrons. The Balaban J connectivity index is 2.53. The molecule has 0 unspecified atom stereocenters. The molecule has 0 fully saturated rings. The number of carboxylic acid groups (broad SMARTS) is 1. The van der Waals surface area contributed by atoms with E-state index in [1.54, 1.807) is 0 Å². The lowest BCUT2D eigenvalue weighted by Gasteiger charge is -2.13. The number of fused-ring (bicyclic) bond motifs is 1. The highest BCUT2D eigenvalue weighted by Gasteiger charge is 2.23. The van der Waals surface area contributed by atoms with Crippen molar-refractivity contribution < 1.29 is 9.90 Å². The van der Waals surface area contributed by atoms with E-state index in [0.717, 1.165) is 37.2 Å². The van der Waals surface area contributed by atoms with Crippen molar-refractivity contribution in [2.75, 3.05) is 0 Å². The summed E-state index contributed by atoms with van der Waals surface area (Å²) in [5, 5.41) is 13.4. The van der Waals surface area contributed by atoms with E-state index in [2.05, 4.69) is 5.10 Å². The third-order valence-electron chi connectivity index (χ3n) is 2.71. The van der Waals surface area contributed by atoms with E-state index in [1.165, 1.54) is 0 Å². The van der Waals surface area contributed by atoms with E-state index in [9.17, 15) is 4.79 Å². The molecule has 2 heterocycles. The van der Waals surface area contributed by atoms with Gasteiger partial charge in [0.15, 0.2) is 0 Å². The first kappa shape index (κ1) is 9.24. The largest absolute Gasteiger partial charge is 0.478 e. The van der Waals surface area contributed by atoms with Crippen molar-refractivity contribution >= 4 is 5.97 Å². The number of aromatic nitrogens is 2. The normalized spacial score (nSPS) is 15.2. The number of hydrogen-bond donors (Lipinski definition) is 1. The third kappa shape index (κ3) is 1.31. The summed E-state index contributed by atoms with van der Waals surface area (Å²) in [7, 11) is 0. The van der Waals surface area contributed by atoms with Crippen LogP contribution in [0, 0.1) is 0 Å². The molecule has 0 amide bonds. The van der Waals surface area contributed by atoms with E-state index < -0.39 is 5.97 Å². The van der Waals surface area contributed by atoms with Crippen molar-refractivity contribution in [2.45, 2.75) is 39.2 Å². The fourth-order valence-corrected chi connectivity index (χ4v) is 2.04. The van der Waals surface area contributed by atoms with Gasteiger partial charge in [0.05, 0.1) is 11.4 Å². The summed E-state index contributed by atoms with van der Waals surface area (Å²) in [5.74, 6) is -0.829. The van der Waals surface area contributed by atoms with Crippen LogP contribution in [-0.2, 0) is 19.4 Å². The maximum Gasteiger partial charge on any atom is 0.339 e. The van der Waals surface area contributed by atoms with Crippen molar-refractivity contribution in [3.63, 3.8) is 0 Å². The summed E-state index contributed by atoms with van der Waals surface area (Å²) in [6.45, 7) is 2.82. The minimum absolute atomic E-state index is 0.451. The van der Waals surface area contributed by atoms with Crippen LogP contribution in [0.15, 0.2) is 0 Å². The Labute approximate surface area is 82.5 Å². The van der Waals surface area contributed by atoms with Gasteiger partial charge in [-0.15, -0.1) is 0 Å². The van der Waals surface area contributed by atoms with E-state index in [1.807, 2.05) is 11.6 Å². The molecule has 0 spiro atoms. The number of aryl methyl sites for hydroxylation is 2. The molecule has 0 aliphatic carbocycles. The van der Waals surface area contributed by atoms with Gasteiger partial charge in [-0.25, -0.2) is 4.79 Å². The van der Waals surface area contributed by atoms with Crippen LogP contribution in [0.2, 0.25) is 0 Å². The van der Waals surface area contributed by atoms with E-state index in [0.29, 0.717) is 12.0 Å². The van der Waals surface area contributed by atoms with E-state index >= 15 is 0 Å². The van der Waals surface area contributed by atoms with Crippen LogP contribution in [0.5, 0.6) is 0 Å². The zero-order chi connectivity index (χ0) is 10.1. The van der Waals surface area contributed by atoms with Gasteiger partial charge in [0.1, 0.15) is 5.56 Å². The van der Waals surface area contributed by atoms with Crippen LogP contribution in [0.3, 0.4) is 0 Å². The minimum Gasteiger partial charge on any atom is -0.478 e. The molecule has 0 saturated heterocycles. The van der Waals surface area contributed by atoms with Crippen LogP contribution in [-0.4, -0.2) is 20.9 Å². The van der Waals surface area contributed by atoms with Gasteiger partial charge in [0.2, 0.25) is 0 Å². The number of hydrogen-bond acceptors (Lipinski definition) is 2. The van der Waals surface area contributed by atoms with Crippen LogP contribution < -0.4 is 0 Å². The molecule has 2 rings (SSSR count). The minimum atomic E-state index is -0.829. The Hall–Kier alpha value is -1.32. The molecule has 1 aromatic heterocycles. The van der Waals surface area contributed by atoms with Gasteiger partial charge in [-0.1, -0.05) is 6.92 Å². The molecule has 0 atom stereocenters. The van der Waals surface area contributed by atoms with Gasteiger partial charge in [-0.2, -0.15) is 5.10 Å². The molecule has 0 bridgehead atoms. The molecule has 0 radical (unpaired) electrons. The fraction of sp³-hybridized carbons (Fsp3) is 0.600. The lowest BCUT2D eigenvalue weighted by Crippen LogP contribution is -2.13. The zero-order valence-corrected chi connectivity index (χ0v) is 8.29. The lowest BCUT2D eigenvalue weighted by atomic mass is 10.0. The van der Waals surface area contributed by atoms with Crippen molar-refractivity contribution in [1.29, 1.82) is 0 Å². The number of nitrogens with zero attached hydrogens (tertiary/aromatic N) is 2. The Morgan fingerprint density at radius 2 is 2.36 bits per heavy atom. The quantitative estimate of drug-likeness (QED) is 0.775. The van der Waals surface area contributed by atoms with Gasteiger partial charge in [-0.05, 0) is 25.7 Å². The molecule has 1 aliphatic rings. The molecule has 1 aliphatic heterocycles. The second kappa shape index (κ2) is 3.44. The summed E-state index contributed by atoms with van der Waals surface area (Å²) < 4.78 is 1.87. The van der Waals surface area contributed by atoms with Crippen LogP contribution in [0.1, 0.15) is 41.5 Å². The number of aromatic carboxylic acids is 1. The predicted molar refractivity (Wildman–Crippen MR) is 51.5 cm³/mol. The molecule has 4 heteroatoms. The summed E-state index contributed by atoms with van der Waals surface area (Å²) >= 11 is 0. The second-order valence-electron chi connectivity index (χ2n) is 3.61. The molecule has 1 N–H and O–H groups in total. The molecular weight excluding hydrogens is 180 g/mol. The molecular formula is C10H14N2O2. The molecule has 0 saturated carbocycles. The smallest absolute Gasteiger partial charge is 0.339 e. The van der Waals surface area contributed by atoms with E-state index in [4.69, 9.17) is 5.11 Å². The van der Waals surface area contributed by atoms with Crippen LogP contribution in [0.4, 0.5) is 0 Å². The Bertz CT molecular complexity index is 368. The van der Waals surface area contributed by atoms with E-state index in [-0.39, 0.29) is 0 Å². The molecule has 4 nitrogen and oxygen atoms in total. The maximum atomic E-state index is 11.1. The Morgan fingerprint density at radius 1 is 1.57 bits per heavy atom. The lowest BCUT2D eigenvalue weighted by molar-refractivity contribution is 0.0694. The highest BCUT2D eigenvalue weighted by Crippen LogP contribution is 2.21. The Kier molecular flexibility index (Phi) is 2.27. The summed E-state index contributed by atoms with van der Waals surface area (Å²) in [4.78, 5) is 11.1. The van der Waals surface area contributed by atoms with Gasteiger partial charge in [0, 0.05) is 6.54 Å². The van der Waals surface area contributed by atoms with Gasteiger partial charge in [0.25, 0.3) is 0 Å². The number of carboxylic acids is 1. The second-order valence-corrected chi connectivity index (χ2v) is 3.61.